The first-order valence-corrected chi connectivity index (χ1v) is 6.82. The lowest BCUT2D eigenvalue weighted by atomic mass is 9.85. The monoisotopic (exact) mass is 267 g/mol. The van der Waals surface area contributed by atoms with E-state index in [0.717, 1.165) is 22.4 Å². The third-order valence-corrected chi connectivity index (χ3v) is 3.33. The van der Waals surface area contributed by atoms with E-state index in [1.165, 1.54) is 0 Å². The van der Waals surface area contributed by atoms with Crippen LogP contribution >= 0.6 is 0 Å². The van der Waals surface area contributed by atoms with Gasteiger partial charge in [-0.05, 0) is 35.6 Å². The zero-order chi connectivity index (χ0) is 14.8. The van der Waals surface area contributed by atoms with Crippen LogP contribution in [0.5, 0.6) is 5.75 Å². The summed E-state index contributed by atoms with van der Waals surface area (Å²) in [5.74, 6) is 0.317. The topological polar surface area (TPSA) is 32.6 Å². The van der Waals surface area contributed by atoms with Crippen molar-refractivity contribution in [2.45, 2.75) is 33.1 Å². The largest absolute Gasteiger partial charge is 0.507 e. The molecule has 0 bridgehead atoms. The Morgan fingerprint density at radius 1 is 1.00 bits per heavy atom. The Morgan fingerprint density at radius 3 is 2.35 bits per heavy atom. The van der Waals surface area contributed by atoms with E-state index in [1.54, 1.807) is 6.21 Å². The number of nitrogens with zero attached hydrogens (tertiary/aromatic N) is 1. The maximum atomic E-state index is 10.4. The van der Waals surface area contributed by atoms with Crippen molar-refractivity contribution in [3.63, 3.8) is 0 Å². The molecule has 0 aliphatic rings. The second-order valence-electron chi connectivity index (χ2n) is 6.04. The van der Waals surface area contributed by atoms with Crippen LogP contribution in [-0.4, -0.2) is 11.3 Å². The van der Waals surface area contributed by atoms with Crippen molar-refractivity contribution >= 4 is 11.9 Å². The van der Waals surface area contributed by atoms with Crippen molar-refractivity contribution in [1.82, 2.24) is 0 Å². The van der Waals surface area contributed by atoms with Crippen LogP contribution in [-0.2, 0) is 5.41 Å². The molecule has 0 radical (unpaired) electrons. The molecule has 0 amide bonds. The maximum Gasteiger partial charge on any atom is 0.128 e. The first-order valence-electron chi connectivity index (χ1n) is 6.82. The molecule has 0 aliphatic heterocycles. The first-order chi connectivity index (χ1) is 9.39. The van der Waals surface area contributed by atoms with E-state index in [4.69, 9.17) is 0 Å². The van der Waals surface area contributed by atoms with Gasteiger partial charge in [-0.1, -0.05) is 51.1 Å². The van der Waals surface area contributed by atoms with E-state index in [2.05, 4.69) is 25.8 Å². The van der Waals surface area contributed by atoms with E-state index < -0.39 is 0 Å². The molecule has 0 saturated heterocycles. The fourth-order valence-electron chi connectivity index (χ4n) is 2.12. The number of rotatable bonds is 2. The molecule has 0 spiro atoms. The molecule has 0 unspecified atom stereocenters. The van der Waals surface area contributed by atoms with Gasteiger partial charge in [0.2, 0.25) is 0 Å². The lowest BCUT2D eigenvalue weighted by Gasteiger charge is -2.21. The molecular weight excluding hydrogens is 246 g/mol. The minimum atomic E-state index is -0.0867. The van der Waals surface area contributed by atoms with Gasteiger partial charge in [-0.3, -0.25) is 4.99 Å². The summed E-state index contributed by atoms with van der Waals surface area (Å²) in [6, 6.07) is 13.7. The Kier molecular flexibility index (Phi) is 3.93. The summed E-state index contributed by atoms with van der Waals surface area (Å²) in [5, 5.41) is 10.4. The predicted octanol–water partition coefficient (Wildman–Crippen LogP) is 4.75. The van der Waals surface area contributed by atoms with Gasteiger partial charge in [-0.25, -0.2) is 0 Å². The van der Waals surface area contributed by atoms with Crippen molar-refractivity contribution in [3.05, 3.63) is 59.2 Å². The number of aliphatic imine (C=N–C) groups is 1. The Bertz CT molecular complexity index is 636. The van der Waals surface area contributed by atoms with Crippen LogP contribution in [0.3, 0.4) is 0 Å². The van der Waals surface area contributed by atoms with Crippen LogP contribution in [0.4, 0.5) is 5.69 Å². The van der Waals surface area contributed by atoms with E-state index in [-0.39, 0.29) is 5.41 Å². The van der Waals surface area contributed by atoms with Gasteiger partial charge < -0.3 is 5.11 Å². The number of para-hydroxylation sites is 2. The quantitative estimate of drug-likeness (QED) is 0.782. The summed E-state index contributed by atoms with van der Waals surface area (Å²) < 4.78 is 0. The third kappa shape index (κ3) is 3.08. The minimum Gasteiger partial charge on any atom is -0.507 e. The molecule has 2 aromatic carbocycles. The van der Waals surface area contributed by atoms with Gasteiger partial charge in [0.05, 0.1) is 5.69 Å². The predicted molar refractivity (Wildman–Crippen MR) is 85.2 cm³/mol. The first kappa shape index (κ1) is 14.3. The minimum absolute atomic E-state index is 0.0867. The molecule has 2 rings (SSSR count). The van der Waals surface area contributed by atoms with Crippen molar-refractivity contribution < 1.29 is 5.11 Å². The van der Waals surface area contributed by atoms with Gasteiger partial charge in [0.25, 0.3) is 0 Å². The van der Waals surface area contributed by atoms with Crippen LogP contribution in [0.25, 0.3) is 0 Å². The average molecular weight is 267 g/mol. The van der Waals surface area contributed by atoms with E-state index in [1.807, 2.05) is 49.4 Å². The standard InChI is InChI=1S/C18H21NO/c1-13-8-5-6-11-16(13)19-12-14-9-7-10-15(17(14)20)18(2,3)4/h5-12,20H,1-4H3. The number of hydrogen-bond acceptors (Lipinski definition) is 2. The molecule has 0 aliphatic carbocycles. The Hall–Kier alpha value is -2.09. The molecule has 2 aromatic rings. The highest BCUT2D eigenvalue weighted by Crippen LogP contribution is 2.32. The van der Waals surface area contributed by atoms with E-state index >= 15 is 0 Å². The number of hydrogen-bond donors (Lipinski definition) is 1. The van der Waals surface area contributed by atoms with Crippen LogP contribution < -0.4 is 0 Å². The zero-order valence-electron chi connectivity index (χ0n) is 12.5. The average Bonchev–Trinajstić information content (AvgIpc) is 2.38. The molecule has 104 valence electrons. The molecular formula is C18H21NO. The van der Waals surface area contributed by atoms with Gasteiger partial charge in [-0.2, -0.15) is 0 Å². The summed E-state index contributed by atoms with van der Waals surface area (Å²) in [7, 11) is 0. The van der Waals surface area contributed by atoms with Crippen molar-refractivity contribution in [1.29, 1.82) is 0 Å². The lowest BCUT2D eigenvalue weighted by Crippen LogP contribution is -2.11. The maximum absolute atomic E-state index is 10.4. The second-order valence-corrected chi connectivity index (χ2v) is 6.04. The Balaban J connectivity index is 2.38. The van der Waals surface area contributed by atoms with Crippen molar-refractivity contribution in [3.8, 4) is 5.75 Å². The van der Waals surface area contributed by atoms with E-state index in [0.29, 0.717) is 5.75 Å². The van der Waals surface area contributed by atoms with Gasteiger partial charge >= 0.3 is 0 Å². The Labute approximate surface area is 120 Å². The summed E-state index contributed by atoms with van der Waals surface area (Å²) in [5.41, 5.74) is 3.64. The van der Waals surface area contributed by atoms with Gasteiger partial charge in [-0.15, -0.1) is 0 Å². The summed E-state index contributed by atoms with van der Waals surface area (Å²) >= 11 is 0. The number of aromatic hydroxyl groups is 1. The Morgan fingerprint density at radius 2 is 1.70 bits per heavy atom. The number of benzene rings is 2. The molecule has 0 heterocycles. The van der Waals surface area contributed by atoms with Gasteiger partial charge in [0.1, 0.15) is 5.75 Å². The molecule has 20 heavy (non-hydrogen) atoms. The molecule has 0 atom stereocenters. The van der Waals surface area contributed by atoms with Crippen LogP contribution in [0, 0.1) is 6.92 Å². The van der Waals surface area contributed by atoms with Crippen LogP contribution in [0.2, 0.25) is 0 Å². The van der Waals surface area contributed by atoms with Crippen molar-refractivity contribution in [2.75, 3.05) is 0 Å². The number of aryl methyl sites for hydroxylation is 1. The SMILES string of the molecule is Cc1ccccc1N=Cc1cccc(C(C)(C)C)c1O. The van der Waals surface area contributed by atoms with Crippen LogP contribution in [0.1, 0.15) is 37.5 Å². The van der Waals surface area contributed by atoms with E-state index in [9.17, 15) is 5.11 Å². The molecule has 2 heteroatoms. The summed E-state index contributed by atoms with van der Waals surface area (Å²) in [6.07, 6.45) is 1.73. The molecule has 1 N–H and O–H groups in total. The smallest absolute Gasteiger partial charge is 0.128 e. The highest BCUT2D eigenvalue weighted by atomic mass is 16.3. The summed E-state index contributed by atoms with van der Waals surface area (Å²) in [4.78, 5) is 4.48. The highest BCUT2D eigenvalue weighted by molar-refractivity contribution is 5.86. The lowest BCUT2D eigenvalue weighted by molar-refractivity contribution is 0.446. The third-order valence-electron chi connectivity index (χ3n) is 3.33. The highest BCUT2D eigenvalue weighted by Gasteiger charge is 2.19. The summed E-state index contributed by atoms with van der Waals surface area (Å²) in [6.45, 7) is 8.29. The molecule has 0 saturated carbocycles. The molecule has 0 aromatic heterocycles. The zero-order valence-corrected chi connectivity index (χ0v) is 12.5. The second kappa shape index (κ2) is 5.49. The van der Waals surface area contributed by atoms with Crippen molar-refractivity contribution in [2.24, 2.45) is 4.99 Å². The fraction of sp³-hybridized carbons (Fsp3) is 0.278. The van der Waals surface area contributed by atoms with Crippen LogP contribution in [0.15, 0.2) is 47.5 Å². The van der Waals surface area contributed by atoms with Gasteiger partial charge in [0, 0.05) is 11.8 Å². The molecule has 2 nitrogen and oxygen atoms in total. The normalized spacial score (nSPS) is 12.0. The number of phenolic OH excluding ortho intramolecular Hbond substituents is 1. The van der Waals surface area contributed by atoms with Gasteiger partial charge in [0.15, 0.2) is 0 Å². The molecule has 0 fully saturated rings. The number of phenols is 1. The fourth-order valence-corrected chi connectivity index (χ4v) is 2.12.